The van der Waals surface area contributed by atoms with Gasteiger partial charge in [-0.2, -0.15) is 0 Å². The highest BCUT2D eigenvalue weighted by Crippen LogP contribution is 2.10. The molecule has 0 aliphatic heterocycles. The van der Waals surface area contributed by atoms with Crippen molar-refractivity contribution in [2.24, 2.45) is 0 Å². The van der Waals surface area contributed by atoms with Gasteiger partial charge in [0.25, 0.3) is 0 Å². The van der Waals surface area contributed by atoms with Crippen molar-refractivity contribution < 1.29 is 4.39 Å². The molecule has 0 heterocycles. The van der Waals surface area contributed by atoms with Gasteiger partial charge in [-0.3, -0.25) is 0 Å². The first-order valence-electron chi connectivity index (χ1n) is 4.19. The number of rotatable bonds is 4. The van der Waals surface area contributed by atoms with E-state index in [9.17, 15) is 4.39 Å². The zero-order valence-electron chi connectivity index (χ0n) is 7.26. The normalized spacial score (nSPS) is 12.8. The molecular formula is C10H14FN. The van der Waals surface area contributed by atoms with Gasteiger partial charge < -0.3 is 5.32 Å². The van der Waals surface area contributed by atoms with Gasteiger partial charge in [-0.1, -0.05) is 30.3 Å². The molecule has 66 valence electrons. The van der Waals surface area contributed by atoms with Gasteiger partial charge in [0.15, 0.2) is 0 Å². The highest BCUT2D eigenvalue weighted by molar-refractivity contribution is 5.17. The molecule has 0 radical (unpaired) electrons. The van der Waals surface area contributed by atoms with Crippen LogP contribution in [0, 0.1) is 0 Å². The van der Waals surface area contributed by atoms with Gasteiger partial charge in [-0.05, 0) is 12.5 Å². The predicted octanol–water partition coefficient (Wildman–Crippen LogP) is 2.31. The van der Waals surface area contributed by atoms with E-state index in [1.807, 2.05) is 37.3 Å². The fourth-order valence-electron chi connectivity index (χ4n) is 1.13. The molecule has 1 rings (SSSR count). The van der Waals surface area contributed by atoms with Gasteiger partial charge in [0.1, 0.15) is 6.67 Å². The van der Waals surface area contributed by atoms with Crippen LogP contribution in [0.25, 0.3) is 0 Å². The van der Waals surface area contributed by atoms with E-state index in [2.05, 4.69) is 5.32 Å². The number of hydrogen-bond donors (Lipinski definition) is 1. The second-order valence-electron chi connectivity index (χ2n) is 2.78. The molecule has 1 aromatic rings. The van der Waals surface area contributed by atoms with Crippen molar-refractivity contribution >= 4 is 0 Å². The lowest BCUT2D eigenvalue weighted by molar-refractivity contribution is 0.444. The van der Waals surface area contributed by atoms with E-state index < -0.39 is 0 Å². The van der Waals surface area contributed by atoms with Crippen LogP contribution in [0.15, 0.2) is 30.3 Å². The molecule has 0 unspecified atom stereocenters. The Morgan fingerprint density at radius 1 is 1.33 bits per heavy atom. The summed E-state index contributed by atoms with van der Waals surface area (Å²) >= 11 is 0. The molecule has 0 aliphatic rings. The lowest BCUT2D eigenvalue weighted by Gasteiger charge is -2.12. The Morgan fingerprint density at radius 2 is 2.00 bits per heavy atom. The summed E-state index contributed by atoms with van der Waals surface area (Å²) in [7, 11) is 0. The predicted molar refractivity (Wildman–Crippen MR) is 48.8 cm³/mol. The largest absolute Gasteiger partial charge is 0.308 e. The van der Waals surface area contributed by atoms with Crippen molar-refractivity contribution in [2.75, 3.05) is 13.2 Å². The van der Waals surface area contributed by atoms with E-state index in [-0.39, 0.29) is 12.7 Å². The Balaban J connectivity index is 2.48. The maximum atomic E-state index is 11.8. The maximum Gasteiger partial charge on any atom is 0.102 e. The summed E-state index contributed by atoms with van der Waals surface area (Å²) in [5.74, 6) is 0. The standard InChI is InChI=1S/C10H14FN/c1-9(12-8-7-11)10-5-3-2-4-6-10/h2-6,9,12H,7-8H2,1H3/t9-/m0/s1. The van der Waals surface area contributed by atoms with Crippen LogP contribution in [0.5, 0.6) is 0 Å². The minimum atomic E-state index is -0.308. The fraction of sp³-hybridized carbons (Fsp3) is 0.400. The smallest absolute Gasteiger partial charge is 0.102 e. The van der Waals surface area contributed by atoms with Gasteiger partial charge in [0.2, 0.25) is 0 Å². The third-order valence-corrected chi connectivity index (χ3v) is 1.84. The molecule has 1 N–H and O–H groups in total. The second-order valence-corrected chi connectivity index (χ2v) is 2.78. The average molecular weight is 167 g/mol. The molecule has 0 saturated heterocycles. The van der Waals surface area contributed by atoms with Crippen LogP contribution in [0.3, 0.4) is 0 Å². The van der Waals surface area contributed by atoms with Crippen LogP contribution in [0.1, 0.15) is 18.5 Å². The maximum absolute atomic E-state index is 11.8. The van der Waals surface area contributed by atoms with Gasteiger partial charge in [0.05, 0.1) is 0 Å². The third kappa shape index (κ3) is 2.62. The summed E-state index contributed by atoms with van der Waals surface area (Å²) in [4.78, 5) is 0. The topological polar surface area (TPSA) is 12.0 Å². The summed E-state index contributed by atoms with van der Waals surface area (Å²) in [6, 6.07) is 10.3. The summed E-state index contributed by atoms with van der Waals surface area (Å²) in [6.07, 6.45) is 0. The molecule has 1 nitrogen and oxygen atoms in total. The molecule has 1 aromatic carbocycles. The SMILES string of the molecule is C[C@H](NCCF)c1ccccc1. The van der Waals surface area contributed by atoms with Crippen LogP contribution in [0.4, 0.5) is 4.39 Å². The number of alkyl halides is 1. The van der Waals surface area contributed by atoms with E-state index in [0.717, 1.165) is 0 Å². The average Bonchev–Trinajstić information content (AvgIpc) is 2.15. The molecule has 0 aromatic heterocycles. The number of benzene rings is 1. The van der Waals surface area contributed by atoms with Crippen LogP contribution in [0.2, 0.25) is 0 Å². The second kappa shape index (κ2) is 4.88. The summed E-state index contributed by atoms with van der Waals surface area (Å²) in [5, 5.41) is 3.07. The molecule has 0 amide bonds. The lowest BCUT2D eigenvalue weighted by atomic mass is 10.1. The van der Waals surface area contributed by atoms with E-state index in [1.165, 1.54) is 5.56 Å². The minimum Gasteiger partial charge on any atom is -0.308 e. The summed E-state index contributed by atoms with van der Waals surface area (Å²) < 4.78 is 11.8. The molecule has 0 spiro atoms. The van der Waals surface area contributed by atoms with Crippen molar-refractivity contribution in [1.29, 1.82) is 0 Å². The van der Waals surface area contributed by atoms with Gasteiger partial charge in [-0.25, -0.2) is 4.39 Å². The fourth-order valence-corrected chi connectivity index (χ4v) is 1.13. The van der Waals surface area contributed by atoms with Gasteiger partial charge in [-0.15, -0.1) is 0 Å². The van der Waals surface area contributed by atoms with E-state index >= 15 is 0 Å². The summed E-state index contributed by atoms with van der Waals surface area (Å²) in [6.45, 7) is 2.15. The highest BCUT2D eigenvalue weighted by atomic mass is 19.1. The van der Waals surface area contributed by atoms with E-state index in [4.69, 9.17) is 0 Å². The third-order valence-electron chi connectivity index (χ3n) is 1.84. The zero-order chi connectivity index (χ0) is 8.81. The molecule has 0 fully saturated rings. The van der Waals surface area contributed by atoms with Gasteiger partial charge >= 0.3 is 0 Å². The first-order valence-corrected chi connectivity index (χ1v) is 4.19. The van der Waals surface area contributed by atoms with E-state index in [1.54, 1.807) is 0 Å². The first-order chi connectivity index (χ1) is 5.84. The van der Waals surface area contributed by atoms with Crippen molar-refractivity contribution in [2.45, 2.75) is 13.0 Å². The Hall–Kier alpha value is -0.890. The monoisotopic (exact) mass is 167 g/mol. The van der Waals surface area contributed by atoms with Crippen LogP contribution in [-0.4, -0.2) is 13.2 Å². The number of halogens is 1. The molecule has 0 bridgehead atoms. The molecule has 12 heavy (non-hydrogen) atoms. The molecule has 1 atom stereocenters. The molecule has 2 heteroatoms. The number of hydrogen-bond acceptors (Lipinski definition) is 1. The van der Waals surface area contributed by atoms with Crippen LogP contribution < -0.4 is 5.32 Å². The van der Waals surface area contributed by atoms with E-state index in [0.29, 0.717) is 6.54 Å². The molecular weight excluding hydrogens is 153 g/mol. The molecule has 0 aliphatic carbocycles. The first kappa shape index (κ1) is 9.20. The van der Waals surface area contributed by atoms with Crippen molar-refractivity contribution in [3.63, 3.8) is 0 Å². The Bertz CT molecular complexity index is 210. The van der Waals surface area contributed by atoms with Gasteiger partial charge in [0, 0.05) is 12.6 Å². The lowest BCUT2D eigenvalue weighted by Crippen LogP contribution is -2.20. The zero-order valence-corrected chi connectivity index (χ0v) is 7.26. The van der Waals surface area contributed by atoms with Crippen molar-refractivity contribution in [1.82, 2.24) is 5.32 Å². The van der Waals surface area contributed by atoms with Crippen LogP contribution in [-0.2, 0) is 0 Å². The van der Waals surface area contributed by atoms with Crippen molar-refractivity contribution in [3.05, 3.63) is 35.9 Å². The minimum absolute atomic E-state index is 0.238. The Labute approximate surface area is 72.6 Å². The van der Waals surface area contributed by atoms with Crippen molar-refractivity contribution in [3.8, 4) is 0 Å². The molecule has 0 saturated carbocycles. The Morgan fingerprint density at radius 3 is 2.58 bits per heavy atom. The van der Waals surface area contributed by atoms with Crippen LogP contribution >= 0.6 is 0 Å². The summed E-state index contributed by atoms with van der Waals surface area (Å²) in [5.41, 5.74) is 1.20. The number of nitrogens with one attached hydrogen (secondary N) is 1. The Kier molecular flexibility index (Phi) is 3.74. The highest BCUT2D eigenvalue weighted by Gasteiger charge is 2.01. The quantitative estimate of drug-likeness (QED) is 0.725.